The van der Waals surface area contributed by atoms with Gasteiger partial charge in [0.05, 0.1) is 6.10 Å². The quantitative estimate of drug-likeness (QED) is 0.544. The predicted octanol–water partition coefficient (Wildman–Crippen LogP) is 4.79. The highest BCUT2D eigenvalue weighted by atomic mass is 16.7. The maximum Gasteiger partial charge on any atom is 0.146 e. The van der Waals surface area contributed by atoms with Crippen molar-refractivity contribution in [2.45, 2.75) is 66.4 Å². The molecule has 0 heterocycles. The average molecular weight is 280 g/mol. The highest BCUT2D eigenvalue weighted by Gasteiger charge is 2.48. The van der Waals surface area contributed by atoms with E-state index in [9.17, 15) is 0 Å². The van der Waals surface area contributed by atoms with E-state index in [-0.39, 0.29) is 11.5 Å². The summed E-state index contributed by atoms with van der Waals surface area (Å²) in [5, 5.41) is 0. The zero-order chi connectivity index (χ0) is 15.0. The van der Waals surface area contributed by atoms with Crippen molar-refractivity contribution in [1.29, 1.82) is 0 Å². The number of hydrogen-bond donors (Lipinski definition) is 0. The number of ether oxygens (including phenoxy) is 2. The van der Waals surface area contributed by atoms with Crippen LogP contribution in [0.25, 0.3) is 0 Å². The molecule has 1 saturated carbocycles. The van der Waals surface area contributed by atoms with E-state index in [1.807, 2.05) is 0 Å². The molecular weight excluding hydrogens is 248 g/mol. The summed E-state index contributed by atoms with van der Waals surface area (Å²) >= 11 is 0. The Morgan fingerprint density at radius 3 is 2.70 bits per heavy atom. The number of allylic oxidation sites excluding steroid dienone is 2. The summed E-state index contributed by atoms with van der Waals surface area (Å²) in [7, 11) is 1.70. The molecule has 0 spiro atoms. The summed E-state index contributed by atoms with van der Waals surface area (Å²) in [6.45, 7) is 12.3. The Kier molecular flexibility index (Phi) is 4.66. The largest absolute Gasteiger partial charge is 0.359 e. The molecule has 4 unspecified atom stereocenters. The minimum atomic E-state index is 0.245. The molecule has 0 aromatic rings. The zero-order valence-electron chi connectivity index (χ0n) is 14.2. The highest BCUT2D eigenvalue weighted by Crippen LogP contribution is 2.56. The molecule has 4 atom stereocenters. The minimum Gasteiger partial charge on any atom is -0.359 e. The lowest BCUT2D eigenvalue weighted by Gasteiger charge is -2.53. The molecule has 2 aliphatic rings. The highest BCUT2D eigenvalue weighted by molar-refractivity contribution is 5.20. The van der Waals surface area contributed by atoms with Gasteiger partial charge in [0.2, 0.25) is 0 Å². The predicted molar refractivity (Wildman–Crippen MR) is 83.5 cm³/mol. The van der Waals surface area contributed by atoms with Crippen molar-refractivity contribution in [3.05, 3.63) is 11.6 Å². The van der Waals surface area contributed by atoms with Crippen LogP contribution in [0.4, 0.5) is 0 Å². The summed E-state index contributed by atoms with van der Waals surface area (Å²) in [5.41, 5.74) is 2.40. The first-order valence-electron chi connectivity index (χ1n) is 8.10. The molecule has 0 saturated heterocycles. The molecule has 0 aliphatic heterocycles. The number of methoxy groups -OCH3 is 1. The Bertz CT molecular complexity index is 372. The maximum atomic E-state index is 5.91. The van der Waals surface area contributed by atoms with E-state index in [1.54, 1.807) is 12.7 Å². The molecular formula is C18H32O2. The van der Waals surface area contributed by atoms with Gasteiger partial charge in [-0.15, -0.1) is 0 Å². The van der Waals surface area contributed by atoms with Crippen molar-refractivity contribution in [2.75, 3.05) is 13.9 Å². The summed E-state index contributed by atoms with van der Waals surface area (Å²) in [6.07, 6.45) is 7.84. The standard InChI is InChI=1S/C18H32O2/c1-13-10-15-8-7-9-17(3,4)16(15)11-18(13,5)14(2)20-12-19-6/h8,13-14,16H,7,9-12H2,1-6H3. The molecule has 0 N–H and O–H groups in total. The lowest BCUT2D eigenvalue weighted by molar-refractivity contribution is -0.134. The van der Waals surface area contributed by atoms with Crippen molar-refractivity contribution in [3.63, 3.8) is 0 Å². The van der Waals surface area contributed by atoms with Crippen molar-refractivity contribution < 1.29 is 9.47 Å². The fraction of sp³-hybridized carbons (Fsp3) is 0.889. The third-order valence-corrected chi connectivity index (χ3v) is 6.26. The molecule has 2 nitrogen and oxygen atoms in total. The van der Waals surface area contributed by atoms with E-state index in [4.69, 9.17) is 9.47 Å². The second kappa shape index (κ2) is 5.81. The fourth-order valence-electron chi connectivity index (χ4n) is 4.24. The lowest BCUT2D eigenvalue weighted by Crippen LogP contribution is -2.47. The van der Waals surface area contributed by atoms with Crippen LogP contribution in [0.5, 0.6) is 0 Å². The molecule has 1 fully saturated rings. The molecule has 0 bridgehead atoms. The summed E-state index contributed by atoms with van der Waals surface area (Å²) in [6, 6.07) is 0. The van der Waals surface area contributed by atoms with Crippen molar-refractivity contribution in [2.24, 2.45) is 22.7 Å². The smallest absolute Gasteiger partial charge is 0.146 e. The van der Waals surface area contributed by atoms with Crippen LogP contribution in [0.3, 0.4) is 0 Å². The van der Waals surface area contributed by atoms with Gasteiger partial charge in [0.15, 0.2) is 0 Å². The van der Waals surface area contributed by atoms with Crippen LogP contribution in [0.1, 0.15) is 60.3 Å². The number of hydrogen-bond acceptors (Lipinski definition) is 2. The Labute approximate surface area is 124 Å². The van der Waals surface area contributed by atoms with Gasteiger partial charge < -0.3 is 9.47 Å². The maximum absolute atomic E-state index is 5.91. The van der Waals surface area contributed by atoms with Crippen molar-refractivity contribution >= 4 is 0 Å². The summed E-state index contributed by atoms with van der Waals surface area (Å²) in [5.74, 6) is 1.40. The lowest BCUT2D eigenvalue weighted by atomic mass is 9.53. The van der Waals surface area contributed by atoms with Gasteiger partial charge in [-0.25, -0.2) is 0 Å². The van der Waals surface area contributed by atoms with Crippen LogP contribution in [0, 0.1) is 22.7 Å². The number of rotatable bonds is 4. The fourth-order valence-corrected chi connectivity index (χ4v) is 4.24. The van der Waals surface area contributed by atoms with Gasteiger partial charge in [0, 0.05) is 7.11 Å². The van der Waals surface area contributed by atoms with Gasteiger partial charge in [0.1, 0.15) is 6.79 Å². The molecule has 2 heteroatoms. The van der Waals surface area contributed by atoms with Crippen molar-refractivity contribution in [1.82, 2.24) is 0 Å². The van der Waals surface area contributed by atoms with Crippen LogP contribution in [0.15, 0.2) is 11.6 Å². The van der Waals surface area contributed by atoms with Crippen LogP contribution < -0.4 is 0 Å². The molecule has 0 radical (unpaired) electrons. The molecule has 20 heavy (non-hydrogen) atoms. The molecule has 116 valence electrons. The molecule has 0 aromatic heterocycles. The van der Waals surface area contributed by atoms with E-state index < -0.39 is 0 Å². The second-order valence-electron chi connectivity index (χ2n) is 7.89. The van der Waals surface area contributed by atoms with Gasteiger partial charge in [-0.2, -0.15) is 0 Å². The van der Waals surface area contributed by atoms with Crippen LogP contribution >= 0.6 is 0 Å². The van der Waals surface area contributed by atoms with E-state index in [2.05, 4.69) is 40.7 Å². The molecule has 0 aromatic carbocycles. The average Bonchev–Trinajstić information content (AvgIpc) is 2.38. The van der Waals surface area contributed by atoms with Gasteiger partial charge >= 0.3 is 0 Å². The summed E-state index contributed by atoms with van der Waals surface area (Å²) < 4.78 is 11.0. The third-order valence-electron chi connectivity index (χ3n) is 6.26. The minimum absolute atomic E-state index is 0.245. The Morgan fingerprint density at radius 2 is 2.05 bits per heavy atom. The third kappa shape index (κ3) is 2.82. The van der Waals surface area contributed by atoms with Gasteiger partial charge in [-0.1, -0.05) is 39.3 Å². The van der Waals surface area contributed by atoms with E-state index in [0.717, 1.165) is 5.92 Å². The Balaban J connectivity index is 2.19. The topological polar surface area (TPSA) is 18.5 Å². The Morgan fingerprint density at radius 1 is 1.35 bits per heavy atom. The van der Waals surface area contributed by atoms with Crippen LogP contribution in [-0.4, -0.2) is 20.0 Å². The molecule has 0 amide bonds. The first kappa shape index (κ1) is 16.0. The van der Waals surface area contributed by atoms with Crippen LogP contribution in [-0.2, 0) is 9.47 Å². The first-order valence-corrected chi connectivity index (χ1v) is 8.10. The first-order chi connectivity index (χ1) is 9.31. The van der Waals surface area contributed by atoms with E-state index in [0.29, 0.717) is 18.1 Å². The van der Waals surface area contributed by atoms with Crippen LogP contribution in [0.2, 0.25) is 0 Å². The zero-order valence-corrected chi connectivity index (χ0v) is 14.2. The van der Waals surface area contributed by atoms with Gasteiger partial charge in [-0.05, 0) is 55.3 Å². The normalized spacial score (nSPS) is 38.0. The van der Waals surface area contributed by atoms with Crippen molar-refractivity contribution in [3.8, 4) is 0 Å². The second-order valence-corrected chi connectivity index (χ2v) is 7.89. The molecule has 2 aliphatic carbocycles. The summed E-state index contributed by atoms with van der Waals surface area (Å²) in [4.78, 5) is 0. The number of fused-ring (bicyclic) bond motifs is 1. The van der Waals surface area contributed by atoms with Gasteiger partial charge in [-0.3, -0.25) is 0 Å². The Hall–Kier alpha value is -0.340. The van der Waals surface area contributed by atoms with Gasteiger partial charge in [0.25, 0.3) is 0 Å². The molecule has 2 rings (SSSR count). The van der Waals surface area contributed by atoms with E-state index in [1.165, 1.54) is 25.7 Å². The SMILES string of the molecule is COCOC(C)C1(C)CC2C(=CCCC2(C)C)CC1C. The monoisotopic (exact) mass is 280 g/mol. The van der Waals surface area contributed by atoms with E-state index >= 15 is 0 Å².